The molecule has 21 heavy (non-hydrogen) atoms. The molecule has 0 saturated heterocycles. The number of methoxy groups -OCH3 is 1. The quantitative estimate of drug-likeness (QED) is 0.943. The van der Waals surface area contributed by atoms with E-state index in [0.717, 1.165) is 24.0 Å². The number of alkyl halides is 3. The highest BCUT2D eigenvalue weighted by atomic mass is 19.4. The van der Waals surface area contributed by atoms with Crippen LogP contribution in [0.4, 0.5) is 13.2 Å². The molecule has 3 nitrogen and oxygen atoms in total. The monoisotopic (exact) mass is 297 g/mol. The number of ether oxygens (including phenoxy) is 1. The van der Waals surface area contributed by atoms with Crippen molar-refractivity contribution in [2.75, 3.05) is 7.11 Å². The van der Waals surface area contributed by atoms with Gasteiger partial charge in [-0.05, 0) is 24.6 Å². The van der Waals surface area contributed by atoms with Crippen LogP contribution in [-0.2, 0) is 6.18 Å². The molecule has 0 aliphatic heterocycles. The van der Waals surface area contributed by atoms with Gasteiger partial charge in [-0.15, -0.1) is 0 Å². The Labute approximate surface area is 120 Å². The third-order valence-electron chi connectivity index (χ3n) is 3.14. The maximum atomic E-state index is 13.0. The average molecular weight is 297 g/mol. The summed E-state index contributed by atoms with van der Waals surface area (Å²) in [5, 5.41) is 10.3. The smallest absolute Gasteiger partial charge is 0.416 e. The minimum absolute atomic E-state index is 0.265. The van der Waals surface area contributed by atoms with Crippen molar-refractivity contribution in [3.63, 3.8) is 0 Å². The Bertz CT molecular complexity index is 641. The standard InChI is InChI=1S/C15H14F3NO2/c1-9-3-4-10(13(7-9)21-2)14(20)11-8-19-6-5-12(11)15(16,17)18/h3-8,14,20H,1-2H3. The molecule has 1 N–H and O–H groups in total. The normalized spacial score (nSPS) is 13.0. The fourth-order valence-corrected chi connectivity index (χ4v) is 2.09. The van der Waals surface area contributed by atoms with Crippen LogP contribution in [0.15, 0.2) is 36.7 Å². The summed E-state index contributed by atoms with van der Waals surface area (Å²) in [6.45, 7) is 1.82. The molecule has 0 spiro atoms. The summed E-state index contributed by atoms with van der Waals surface area (Å²) in [5.41, 5.74) is -0.0635. The lowest BCUT2D eigenvalue weighted by Crippen LogP contribution is -2.13. The van der Waals surface area contributed by atoms with E-state index < -0.39 is 17.8 Å². The minimum atomic E-state index is -4.56. The molecule has 6 heteroatoms. The van der Waals surface area contributed by atoms with Crippen LogP contribution in [0.3, 0.4) is 0 Å². The number of pyridine rings is 1. The van der Waals surface area contributed by atoms with Gasteiger partial charge in [0.15, 0.2) is 0 Å². The molecule has 1 aromatic carbocycles. The number of nitrogens with zero attached hydrogens (tertiary/aromatic N) is 1. The molecule has 0 bridgehead atoms. The summed E-state index contributed by atoms with van der Waals surface area (Å²) in [6, 6.07) is 5.75. The number of aliphatic hydroxyl groups is 1. The zero-order valence-corrected chi connectivity index (χ0v) is 11.5. The Morgan fingerprint density at radius 3 is 2.52 bits per heavy atom. The van der Waals surface area contributed by atoms with Gasteiger partial charge in [0.05, 0.1) is 12.7 Å². The van der Waals surface area contributed by atoms with Crippen LogP contribution >= 0.6 is 0 Å². The molecule has 1 atom stereocenters. The van der Waals surface area contributed by atoms with Gasteiger partial charge < -0.3 is 9.84 Å². The van der Waals surface area contributed by atoms with E-state index in [9.17, 15) is 18.3 Å². The fraction of sp³-hybridized carbons (Fsp3) is 0.267. The lowest BCUT2D eigenvalue weighted by atomic mass is 9.97. The maximum absolute atomic E-state index is 13.0. The Hall–Kier alpha value is -2.08. The summed E-state index contributed by atoms with van der Waals surface area (Å²) in [7, 11) is 1.40. The Balaban J connectivity index is 2.53. The first kappa shape index (κ1) is 15.3. The van der Waals surface area contributed by atoms with Gasteiger partial charge in [-0.2, -0.15) is 13.2 Å². The second-order valence-corrected chi connectivity index (χ2v) is 4.61. The SMILES string of the molecule is COc1cc(C)ccc1C(O)c1cnccc1C(F)(F)F. The van der Waals surface area contributed by atoms with Crippen molar-refractivity contribution >= 4 is 0 Å². The summed E-state index contributed by atoms with van der Waals surface area (Å²) in [4.78, 5) is 3.68. The van der Waals surface area contributed by atoms with Crippen LogP contribution in [0.2, 0.25) is 0 Å². The van der Waals surface area contributed by atoms with E-state index in [1.54, 1.807) is 18.2 Å². The molecule has 2 rings (SSSR count). The van der Waals surface area contributed by atoms with E-state index in [-0.39, 0.29) is 11.1 Å². The molecule has 0 radical (unpaired) electrons. The zero-order chi connectivity index (χ0) is 15.6. The van der Waals surface area contributed by atoms with Crippen molar-refractivity contribution in [1.29, 1.82) is 0 Å². The number of aryl methyl sites for hydroxylation is 1. The number of hydrogen-bond donors (Lipinski definition) is 1. The van der Waals surface area contributed by atoms with Crippen molar-refractivity contribution in [2.24, 2.45) is 0 Å². The van der Waals surface area contributed by atoms with Gasteiger partial charge in [0.25, 0.3) is 0 Å². The van der Waals surface area contributed by atoms with Crippen LogP contribution in [-0.4, -0.2) is 17.2 Å². The van der Waals surface area contributed by atoms with Crippen LogP contribution in [0.5, 0.6) is 5.75 Å². The molecule has 1 aromatic heterocycles. The highest BCUT2D eigenvalue weighted by Gasteiger charge is 2.35. The Morgan fingerprint density at radius 2 is 1.90 bits per heavy atom. The van der Waals surface area contributed by atoms with Crippen molar-refractivity contribution in [3.8, 4) is 5.75 Å². The predicted molar refractivity (Wildman–Crippen MR) is 71.0 cm³/mol. The number of aliphatic hydroxyl groups excluding tert-OH is 1. The first-order valence-corrected chi connectivity index (χ1v) is 6.18. The fourth-order valence-electron chi connectivity index (χ4n) is 2.09. The number of benzene rings is 1. The molecular weight excluding hydrogens is 283 g/mol. The van der Waals surface area contributed by atoms with Gasteiger partial charge in [-0.3, -0.25) is 4.98 Å². The highest BCUT2D eigenvalue weighted by Crippen LogP contribution is 2.38. The zero-order valence-electron chi connectivity index (χ0n) is 11.5. The van der Waals surface area contributed by atoms with E-state index in [1.165, 1.54) is 7.11 Å². The summed E-state index contributed by atoms with van der Waals surface area (Å²) in [5.74, 6) is 0.333. The van der Waals surface area contributed by atoms with Gasteiger partial charge in [-0.25, -0.2) is 0 Å². The Morgan fingerprint density at radius 1 is 1.19 bits per heavy atom. The molecule has 0 amide bonds. The maximum Gasteiger partial charge on any atom is 0.416 e. The van der Waals surface area contributed by atoms with Gasteiger partial charge in [0.1, 0.15) is 11.9 Å². The van der Waals surface area contributed by atoms with E-state index >= 15 is 0 Å². The van der Waals surface area contributed by atoms with Crippen molar-refractivity contribution in [1.82, 2.24) is 4.98 Å². The molecule has 0 saturated carbocycles. The first-order chi connectivity index (χ1) is 9.84. The molecular formula is C15H14F3NO2. The molecule has 1 unspecified atom stereocenters. The number of aromatic nitrogens is 1. The molecule has 0 aliphatic carbocycles. The molecule has 0 fully saturated rings. The molecule has 1 heterocycles. The van der Waals surface area contributed by atoms with Gasteiger partial charge in [0, 0.05) is 23.5 Å². The number of rotatable bonds is 3. The minimum Gasteiger partial charge on any atom is -0.496 e. The Kier molecular flexibility index (Phi) is 4.18. The van der Waals surface area contributed by atoms with Crippen molar-refractivity contribution in [2.45, 2.75) is 19.2 Å². The summed E-state index contributed by atoms with van der Waals surface area (Å²) >= 11 is 0. The summed E-state index contributed by atoms with van der Waals surface area (Å²) in [6.07, 6.45) is -3.96. The largest absolute Gasteiger partial charge is 0.496 e. The average Bonchev–Trinajstić information content (AvgIpc) is 2.45. The topological polar surface area (TPSA) is 42.4 Å². The van der Waals surface area contributed by atoms with Gasteiger partial charge in [0.2, 0.25) is 0 Å². The van der Waals surface area contributed by atoms with Crippen molar-refractivity contribution in [3.05, 3.63) is 58.9 Å². The summed E-state index contributed by atoms with van der Waals surface area (Å²) < 4.78 is 44.1. The highest BCUT2D eigenvalue weighted by molar-refractivity contribution is 5.44. The lowest BCUT2D eigenvalue weighted by molar-refractivity contribution is -0.139. The molecule has 0 aliphatic rings. The van der Waals surface area contributed by atoms with Gasteiger partial charge >= 0.3 is 6.18 Å². The number of hydrogen-bond acceptors (Lipinski definition) is 3. The second kappa shape index (κ2) is 5.73. The van der Waals surface area contributed by atoms with E-state index in [0.29, 0.717) is 5.75 Å². The van der Waals surface area contributed by atoms with E-state index in [2.05, 4.69) is 4.98 Å². The van der Waals surface area contributed by atoms with E-state index in [4.69, 9.17) is 4.74 Å². The van der Waals surface area contributed by atoms with Crippen LogP contribution < -0.4 is 4.74 Å². The molecule has 2 aromatic rings. The lowest BCUT2D eigenvalue weighted by Gasteiger charge is -2.19. The van der Waals surface area contributed by atoms with Gasteiger partial charge in [-0.1, -0.05) is 12.1 Å². The second-order valence-electron chi connectivity index (χ2n) is 4.61. The van der Waals surface area contributed by atoms with Crippen molar-refractivity contribution < 1.29 is 23.0 Å². The number of halogens is 3. The van der Waals surface area contributed by atoms with Crippen LogP contribution in [0, 0.1) is 6.92 Å². The third kappa shape index (κ3) is 3.16. The predicted octanol–water partition coefficient (Wildman–Crippen LogP) is 3.50. The third-order valence-corrected chi connectivity index (χ3v) is 3.14. The first-order valence-electron chi connectivity index (χ1n) is 6.18. The van der Waals surface area contributed by atoms with E-state index in [1.807, 2.05) is 6.92 Å². The van der Waals surface area contributed by atoms with Crippen LogP contribution in [0.1, 0.15) is 28.4 Å². The van der Waals surface area contributed by atoms with Crippen LogP contribution in [0.25, 0.3) is 0 Å². The molecule has 112 valence electrons.